The van der Waals surface area contributed by atoms with Gasteiger partial charge in [0.2, 0.25) is 0 Å². The summed E-state index contributed by atoms with van der Waals surface area (Å²) in [6.45, 7) is 2.27. The summed E-state index contributed by atoms with van der Waals surface area (Å²) in [5.74, 6) is 0.827. The molecule has 0 saturated heterocycles. The second kappa shape index (κ2) is 7.09. The van der Waals surface area contributed by atoms with Gasteiger partial charge in [0.05, 0.1) is 13.7 Å². The van der Waals surface area contributed by atoms with Crippen molar-refractivity contribution < 1.29 is 9.84 Å². The molecule has 0 radical (unpaired) electrons. The summed E-state index contributed by atoms with van der Waals surface area (Å²) in [5.41, 5.74) is 6.55. The number of rotatable bonds is 7. The number of anilines is 1. The lowest BCUT2D eigenvalue weighted by Gasteiger charge is -2.24. The molecule has 0 saturated carbocycles. The molecule has 3 N–H and O–H groups in total. The number of nitrogens with two attached hydrogens (primary N) is 1. The Kier molecular flexibility index (Phi) is 5.67. The van der Waals surface area contributed by atoms with Crippen molar-refractivity contribution in [3.8, 4) is 5.75 Å². The third-order valence-corrected chi connectivity index (χ3v) is 2.42. The van der Waals surface area contributed by atoms with Crippen LogP contribution >= 0.6 is 0 Å². The molecule has 1 aromatic rings. The normalized spacial score (nSPS) is 10.2. The molecule has 0 heterocycles. The van der Waals surface area contributed by atoms with E-state index in [0.717, 1.165) is 24.4 Å². The number of benzene rings is 1. The van der Waals surface area contributed by atoms with Gasteiger partial charge in [0.1, 0.15) is 5.75 Å². The van der Waals surface area contributed by atoms with Crippen molar-refractivity contribution in [2.75, 3.05) is 38.3 Å². The van der Waals surface area contributed by atoms with E-state index in [-0.39, 0.29) is 6.61 Å². The molecular weight excluding hydrogens is 204 g/mol. The van der Waals surface area contributed by atoms with E-state index in [4.69, 9.17) is 15.6 Å². The average Bonchev–Trinajstić information content (AvgIpc) is 2.34. The van der Waals surface area contributed by atoms with Crippen molar-refractivity contribution in [3.63, 3.8) is 0 Å². The van der Waals surface area contributed by atoms with Gasteiger partial charge in [0.25, 0.3) is 0 Å². The van der Waals surface area contributed by atoms with Gasteiger partial charge in [0, 0.05) is 24.8 Å². The Morgan fingerprint density at radius 3 is 2.81 bits per heavy atom. The zero-order chi connectivity index (χ0) is 11.8. The van der Waals surface area contributed by atoms with Crippen molar-refractivity contribution >= 4 is 5.69 Å². The van der Waals surface area contributed by atoms with Crippen LogP contribution in [0.4, 0.5) is 5.69 Å². The standard InChI is InChI=1S/C12H20N2O2/c1-16-12-5-2-4-11(10-12)14(8-9-15)7-3-6-13/h2,4-5,10,15H,3,6-9,13H2,1H3. The number of hydrogen-bond acceptors (Lipinski definition) is 4. The molecule has 4 nitrogen and oxygen atoms in total. The quantitative estimate of drug-likeness (QED) is 0.720. The number of aliphatic hydroxyl groups excluding tert-OH is 1. The average molecular weight is 224 g/mol. The summed E-state index contributed by atoms with van der Waals surface area (Å²) >= 11 is 0. The van der Waals surface area contributed by atoms with Gasteiger partial charge in [-0.25, -0.2) is 0 Å². The third kappa shape index (κ3) is 3.72. The van der Waals surface area contributed by atoms with Crippen molar-refractivity contribution in [2.45, 2.75) is 6.42 Å². The van der Waals surface area contributed by atoms with E-state index in [2.05, 4.69) is 4.90 Å². The molecule has 0 aliphatic carbocycles. The van der Waals surface area contributed by atoms with E-state index in [9.17, 15) is 0 Å². The fourth-order valence-corrected chi connectivity index (χ4v) is 1.58. The molecule has 0 bridgehead atoms. The van der Waals surface area contributed by atoms with Crippen LogP contribution in [-0.2, 0) is 0 Å². The van der Waals surface area contributed by atoms with E-state index >= 15 is 0 Å². The topological polar surface area (TPSA) is 58.7 Å². The van der Waals surface area contributed by atoms with Gasteiger partial charge in [-0.05, 0) is 25.1 Å². The first-order valence-corrected chi connectivity index (χ1v) is 5.51. The van der Waals surface area contributed by atoms with E-state index in [0.29, 0.717) is 13.1 Å². The zero-order valence-electron chi connectivity index (χ0n) is 9.72. The fraction of sp³-hybridized carbons (Fsp3) is 0.500. The number of methoxy groups -OCH3 is 1. The maximum absolute atomic E-state index is 9.02. The first-order chi connectivity index (χ1) is 7.81. The maximum atomic E-state index is 9.02. The van der Waals surface area contributed by atoms with Crippen LogP contribution in [0, 0.1) is 0 Å². The van der Waals surface area contributed by atoms with Crippen molar-refractivity contribution in [2.24, 2.45) is 5.73 Å². The highest BCUT2D eigenvalue weighted by atomic mass is 16.5. The summed E-state index contributed by atoms with van der Waals surface area (Å²) in [6, 6.07) is 7.82. The van der Waals surface area contributed by atoms with Crippen molar-refractivity contribution in [1.29, 1.82) is 0 Å². The Hall–Kier alpha value is -1.26. The smallest absolute Gasteiger partial charge is 0.120 e. The van der Waals surface area contributed by atoms with Crippen LogP contribution in [0.3, 0.4) is 0 Å². The molecule has 0 aromatic heterocycles. The Bertz CT molecular complexity index is 305. The van der Waals surface area contributed by atoms with E-state index in [1.54, 1.807) is 7.11 Å². The van der Waals surface area contributed by atoms with Gasteiger partial charge in [-0.15, -0.1) is 0 Å². The molecule has 90 valence electrons. The molecule has 0 fully saturated rings. The maximum Gasteiger partial charge on any atom is 0.120 e. The number of nitrogens with zero attached hydrogens (tertiary/aromatic N) is 1. The minimum Gasteiger partial charge on any atom is -0.497 e. The number of aliphatic hydroxyl groups is 1. The molecule has 4 heteroatoms. The molecular formula is C12H20N2O2. The summed E-state index contributed by atoms with van der Waals surface area (Å²) in [4.78, 5) is 2.11. The van der Waals surface area contributed by atoms with Crippen LogP contribution in [0.1, 0.15) is 6.42 Å². The fourth-order valence-electron chi connectivity index (χ4n) is 1.58. The van der Waals surface area contributed by atoms with Gasteiger partial charge < -0.3 is 20.5 Å². The molecule has 0 atom stereocenters. The summed E-state index contributed by atoms with van der Waals surface area (Å²) in [7, 11) is 1.65. The van der Waals surface area contributed by atoms with Crippen LogP contribution < -0.4 is 15.4 Å². The van der Waals surface area contributed by atoms with Crippen LogP contribution in [0.2, 0.25) is 0 Å². The lowest BCUT2D eigenvalue weighted by atomic mass is 10.2. The van der Waals surface area contributed by atoms with Gasteiger partial charge in [-0.2, -0.15) is 0 Å². The van der Waals surface area contributed by atoms with Gasteiger partial charge in [0.15, 0.2) is 0 Å². The predicted molar refractivity (Wildman–Crippen MR) is 66.0 cm³/mol. The first-order valence-electron chi connectivity index (χ1n) is 5.51. The molecule has 1 rings (SSSR count). The lowest BCUT2D eigenvalue weighted by molar-refractivity contribution is 0.301. The van der Waals surface area contributed by atoms with Crippen molar-refractivity contribution in [1.82, 2.24) is 0 Å². The highest BCUT2D eigenvalue weighted by Gasteiger charge is 2.05. The Morgan fingerprint density at radius 1 is 1.38 bits per heavy atom. The summed E-state index contributed by atoms with van der Waals surface area (Å²) in [5, 5.41) is 9.02. The molecule has 0 unspecified atom stereocenters. The molecule has 16 heavy (non-hydrogen) atoms. The molecule has 1 aromatic carbocycles. The Labute approximate surface area is 96.6 Å². The lowest BCUT2D eigenvalue weighted by Crippen LogP contribution is -2.29. The number of hydrogen-bond donors (Lipinski definition) is 2. The summed E-state index contributed by atoms with van der Waals surface area (Å²) in [6.07, 6.45) is 0.914. The monoisotopic (exact) mass is 224 g/mol. The zero-order valence-corrected chi connectivity index (χ0v) is 9.72. The Morgan fingerprint density at radius 2 is 2.19 bits per heavy atom. The van der Waals surface area contributed by atoms with Crippen LogP contribution in [0.15, 0.2) is 24.3 Å². The molecule has 0 amide bonds. The largest absolute Gasteiger partial charge is 0.497 e. The second-order valence-electron chi connectivity index (χ2n) is 3.55. The third-order valence-electron chi connectivity index (χ3n) is 2.42. The molecule has 0 aliphatic rings. The van der Waals surface area contributed by atoms with E-state index in [1.807, 2.05) is 24.3 Å². The predicted octanol–water partition coefficient (Wildman–Crippen LogP) is 0.843. The SMILES string of the molecule is COc1cccc(N(CCO)CCCN)c1. The molecule has 0 aliphatic heterocycles. The van der Waals surface area contributed by atoms with Gasteiger partial charge >= 0.3 is 0 Å². The van der Waals surface area contributed by atoms with Gasteiger partial charge in [-0.1, -0.05) is 6.07 Å². The minimum absolute atomic E-state index is 0.141. The highest BCUT2D eigenvalue weighted by molar-refractivity contribution is 5.50. The van der Waals surface area contributed by atoms with E-state index < -0.39 is 0 Å². The Balaban J connectivity index is 2.73. The van der Waals surface area contributed by atoms with E-state index in [1.165, 1.54) is 0 Å². The van der Waals surface area contributed by atoms with Crippen LogP contribution in [0.25, 0.3) is 0 Å². The minimum atomic E-state index is 0.141. The number of ether oxygens (including phenoxy) is 1. The van der Waals surface area contributed by atoms with Crippen LogP contribution in [0.5, 0.6) is 5.75 Å². The molecule has 0 spiro atoms. The summed E-state index contributed by atoms with van der Waals surface area (Å²) < 4.78 is 5.17. The van der Waals surface area contributed by atoms with Gasteiger partial charge in [-0.3, -0.25) is 0 Å². The van der Waals surface area contributed by atoms with Crippen LogP contribution in [-0.4, -0.2) is 38.5 Å². The second-order valence-corrected chi connectivity index (χ2v) is 3.55. The highest BCUT2D eigenvalue weighted by Crippen LogP contribution is 2.20. The van der Waals surface area contributed by atoms with Crippen molar-refractivity contribution in [3.05, 3.63) is 24.3 Å². The first kappa shape index (κ1) is 12.8.